The fourth-order valence-corrected chi connectivity index (χ4v) is 0.462. The van der Waals surface area contributed by atoms with Crippen LogP contribution >= 0.6 is 0 Å². The summed E-state index contributed by atoms with van der Waals surface area (Å²) in [6.07, 6.45) is 0. The van der Waals surface area contributed by atoms with Crippen molar-refractivity contribution in [2.45, 2.75) is 6.92 Å². The first-order valence-corrected chi connectivity index (χ1v) is 3.64. The highest BCUT2D eigenvalue weighted by Crippen LogP contribution is 1.81. The molecule has 0 amide bonds. The van der Waals surface area contributed by atoms with E-state index in [1.54, 1.807) is 7.11 Å². The topological polar surface area (TPSA) is 54.0 Å². The van der Waals surface area contributed by atoms with E-state index in [4.69, 9.17) is 9.47 Å². The van der Waals surface area contributed by atoms with Gasteiger partial charge in [0.1, 0.15) is 6.61 Å². The molecule has 0 aromatic carbocycles. The Morgan fingerprint density at radius 1 is 1.17 bits per heavy atom. The number of methoxy groups -OCH3 is 1. The molecule has 0 rings (SSSR count). The van der Waals surface area contributed by atoms with Crippen LogP contribution in [0.1, 0.15) is 6.92 Å². The average Bonchev–Trinajstić information content (AvgIpc) is 2.02. The number of hydrogen-bond donors (Lipinski definition) is 0. The molecule has 0 saturated carbocycles. The summed E-state index contributed by atoms with van der Waals surface area (Å²) in [5, 5.41) is 0. The zero-order chi connectivity index (χ0) is 9.23. The third kappa shape index (κ3) is 9.35. The van der Waals surface area contributed by atoms with E-state index in [0.29, 0.717) is 19.8 Å². The van der Waals surface area contributed by atoms with Crippen LogP contribution in [0, 0.1) is 0 Å². The summed E-state index contributed by atoms with van der Waals surface area (Å²) in [6.45, 7) is 2.96. The van der Waals surface area contributed by atoms with E-state index in [-0.39, 0.29) is 6.61 Å². The normalized spacial score (nSPS) is 9.83. The summed E-state index contributed by atoms with van der Waals surface area (Å²) >= 11 is 0. The fraction of sp³-hybridized carbons (Fsp3) is 0.857. The first-order valence-electron chi connectivity index (χ1n) is 3.64. The van der Waals surface area contributed by atoms with Crippen molar-refractivity contribution >= 4 is 5.97 Å². The minimum atomic E-state index is -0.466. The Kier molecular flexibility index (Phi) is 7.99. The zero-order valence-corrected chi connectivity index (χ0v) is 7.37. The highest BCUT2D eigenvalue weighted by Gasteiger charge is 1.93. The molecule has 0 radical (unpaired) electrons. The average molecular weight is 178 g/mol. The number of hydrogen-bond acceptors (Lipinski definition) is 5. The number of carbonyl (C=O) groups excluding carboxylic acids is 1. The highest BCUT2D eigenvalue weighted by molar-refractivity contribution is 5.65. The SMILES string of the molecule is COCCOCCOOC(C)=O. The van der Waals surface area contributed by atoms with Crippen molar-refractivity contribution in [1.82, 2.24) is 0 Å². The van der Waals surface area contributed by atoms with Crippen LogP contribution in [0.15, 0.2) is 0 Å². The number of rotatable bonds is 7. The van der Waals surface area contributed by atoms with Gasteiger partial charge in [0.2, 0.25) is 0 Å². The molecule has 0 aromatic heterocycles. The molecule has 0 heterocycles. The van der Waals surface area contributed by atoms with Gasteiger partial charge in [0, 0.05) is 14.0 Å². The van der Waals surface area contributed by atoms with E-state index in [1.807, 2.05) is 0 Å². The maximum Gasteiger partial charge on any atom is 0.339 e. The minimum Gasteiger partial charge on any atom is -0.382 e. The molecule has 0 unspecified atom stereocenters. The molecule has 0 aliphatic carbocycles. The maximum atomic E-state index is 10.2. The Morgan fingerprint density at radius 3 is 2.42 bits per heavy atom. The minimum absolute atomic E-state index is 0.239. The quantitative estimate of drug-likeness (QED) is 0.315. The molecule has 72 valence electrons. The molecule has 0 aliphatic heterocycles. The van der Waals surface area contributed by atoms with Gasteiger partial charge in [-0.2, -0.15) is 4.89 Å². The first kappa shape index (κ1) is 11.4. The van der Waals surface area contributed by atoms with E-state index in [0.717, 1.165) is 0 Å². The van der Waals surface area contributed by atoms with Crippen molar-refractivity contribution in [3.63, 3.8) is 0 Å². The monoisotopic (exact) mass is 178 g/mol. The molecular formula is C7H14O5. The standard InChI is InChI=1S/C7H14O5/c1-7(8)12-11-6-5-10-4-3-9-2/h3-6H2,1-2H3. The smallest absolute Gasteiger partial charge is 0.339 e. The van der Waals surface area contributed by atoms with Crippen molar-refractivity contribution in [1.29, 1.82) is 0 Å². The lowest BCUT2D eigenvalue weighted by Crippen LogP contribution is -2.10. The van der Waals surface area contributed by atoms with E-state index in [9.17, 15) is 4.79 Å². The van der Waals surface area contributed by atoms with E-state index in [1.165, 1.54) is 6.92 Å². The third-order valence-corrected chi connectivity index (χ3v) is 0.919. The van der Waals surface area contributed by atoms with Crippen LogP contribution < -0.4 is 0 Å². The predicted molar refractivity (Wildman–Crippen MR) is 40.4 cm³/mol. The lowest BCUT2D eigenvalue weighted by atomic mass is 10.7. The molecule has 0 N–H and O–H groups in total. The lowest BCUT2D eigenvalue weighted by Gasteiger charge is -2.02. The first-order chi connectivity index (χ1) is 5.77. The van der Waals surface area contributed by atoms with Crippen LogP contribution in [-0.2, 0) is 24.0 Å². The van der Waals surface area contributed by atoms with E-state index >= 15 is 0 Å². The predicted octanol–water partition coefficient (Wildman–Crippen LogP) is 0.144. The second kappa shape index (κ2) is 8.45. The van der Waals surface area contributed by atoms with Crippen LogP contribution in [0.2, 0.25) is 0 Å². The number of ether oxygens (including phenoxy) is 2. The molecule has 0 fully saturated rings. The van der Waals surface area contributed by atoms with Gasteiger partial charge in [-0.1, -0.05) is 0 Å². The van der Waals surface area contributed by atoms with E-state index in [2.05, 4.69) is 9.78 Å². The second-order valence-electron chi connectivity index (χ2n) is 2.00. The summed E-state index contributed by atoms with van der Waals surface area (Å²) in [7, 11) is 1.60. The third-order valence-electron chi connectivity index (χ3n) is 0.919. The zero-order valence-electron chi connectivity index (χ0n) is 7.37. The van der Waals surface area contributed by atoms with Crippen LogP contribution in [0.4, 0.5) is 0 Å². The van der Waals surface area contributed by atoms with Gasteiger partial charge in [-0.05, 0) is 0 Å². The molecule has 0 saturated heterocycles. The van der Waals surface area contributed by atoms with E-state index < -0.39 is 5.97 Å². The van der Waals surface area contributed by atoms with Gasteiger partial charge in [-0.15, -0.1) is 0 Å². The van der Waals surface area contributed by atoms with Crippen LogP contribution in [-0.4, -0.2) is 39.5 Å². The molecule has 12 heavy (non-hydrogen) atoms. The van der Waals surface area contributed by atoms with Gasteiger partial charge in [0.25, 0.3) is 0 Å². The largest absolute Gasteiger partial charge is 0.382 e. The fourth-order valence-electron chi connectivity index (χ4n) is 0.462. The number of carbonyl (C=O) groups is 1. The molecular weight excluding hydrogens is 164 g/mol. The summed E-state index contributed by atoms with van der Waals surface area (Å²) in [5.41, 5.74) is 0. The van der Waals surface area contributed by atoms with Gasteiger partial charge in [0.15, 0.2) is 0 Å². The summed E-state index contributed by atoms with van der Waals surface area (Å²) in [6, 6.07) is 0. The van der Waals surface area contributed by atoms with Crippen LogP contribution in [0.25, 0.3) is 0 Å². The molecule has 5 heteroatoms. The van der Waals surface area contributed by atoms with Gasteiger partial charge in [-0.25, -0.2) is 4.79 Å². The Hall–Kier alpha value is -0.650. The Bertz CT molecular complexity index is 114. The van der Waals surface area contributed by atoms with Crippen molar-refractivity contribution in [2.24, 2.45) is 0 Å². The highest BCUT2D eigenvalue weighted by atomic mass is 17.2. The maximum absolute atomic E-state index is 10.2. The summed E-state index contributed by atoms with van der Waals surface area (Å²) in [5.74, 6) is -0.466. The molecule has 5 nitrogen and oxygen atoms in total. The van der Waals surface area contributed by atoms with Gasteiger partial charge in [0.05, 0.1) is 19.8 Å². The molecule has 0 aliphatic rings. The van der Waals surface area contributed by atoms with Gasteiger partial charge < -0.3 is 9.47 Å². The lowest BCUT2D eigenvalue weighted by molar-refractivity contribution is -0.274. The van der Waals surface area contributed by atoms with Crippen LogP contribution in [0.3, 0.4) is 0 Å². The second-order valence-corrected chi connectivity index (χ2v) is 2.00. The Morgan fingerprint density at radius 2 is 1.83 bits per heavy atom. The molecule has 0 aromatic rings. The van der Waals surface area contributed by atoms with Crippen LogP contribution in [0.5, 0.6) is 0 Å². The Balaban J connectivity index is 2.86. The summed E-state index contributed by atoms with van der Waals surface area (Å²) in [4.78, 5) is 18.8. The molecule has 0 bridgehead atoms. The summed E-state index contributed by atoms with van der Waals surface area (Å²) < 4.78 is 9.75. The van der Waals surface area contributed by atoms with Crippen molar-refractivity contribution < 1.29 is 24.0 Å². The van der Waals surface area contributed by atoms with Gasteiger partial charge in [-0.3, -0.25) is 4.89 Å². The van der Waals surface area contributed by atoms with Crippen molar-refractivity contribution in [2.75, 3.05) is 33.5 Å². The van der Waals surface area contributed by atoms with Gasteiger partial charge >= 0.3 is 5.97 Å². The van der Waals surface area contributed by atoms with Crippen molar-refractivity contribution in [3.05, 3.63) is 0 Å². The van der Waals surface area contributed by atoms with Crippen molar-refractivity contribution in [3.8, 4) is 0 Å². The Labute approximate surface area is 71.5 Å². The molecule has 0 atom stereocenters. The molecule has 0 spiro atoms.